The van der Waals surface area contributed by atoms with Crippen molar-refractivity contribution in [2.24, 2.45) is 0 Å². The number of aliphatic hydroxyl groups is 1. The molecule has 0 aliphatic carbocycles. The minimum absolute atomic E-state index is 0.303. The molecule has 4 nitrogen and oxygen atoms in total. The Labute approximate surface area is 107 Å². The van der Waals surface area contributed by atoms with E-state index in [1.54, 1.807) is 12.1 Å². The minimum Gasteiger partial charge on any atom is -0.478 e. The normalized spacial score (nSPS) is 17.4. The molecule has 2 N–H and O–H groups in total. The zero-order valence-corrected chi connectivity index (χ0v) is 10.8. The van der Waals surface area contributed by atoms with E-state index in [4.69, 9.17) is 5.11 Å². The maximum atomic E-state index is 11.0. The lowest BCUT2D eigenvalue weighted by Crippen LogP contribution is -2.39. The topological polar surface area (TPSA) is 60.8 Å². The molecule has 0 spiro atoms. The summed E-state index contributed by atoms with van der Waals surface area (Å²) in [5, 5.41) is 19.1. The van der Waals surface area contributed by atoms with Gasteiger partial charge in [0.2, 0.25) is 0 Å². The van der Waals surface area contributed by atoms with Gasteiger partial charge in [-0.2, -0.15) is 0 Å². The van der Waals surface area contributed by atoms with Crippen molar-refractivity contribution in [3.05, 3.63) is 29.3 Å². The van der Waals surface area contributed by atoms with Crippen LogP contribution in [0.3, 0.4) is 0 Å². The van der Waals surface area contributed by atoms with Crippen molar-refractivity contribution in [3.8, 4) is 0 Å². The number of β-amino-alcohol motifs (C(OH)–C–C–N with tert-alkyl or cyclic N) is 1. The van der Waals surface area contributed by atoms with Crippen LogP contribution in [0, 0.1) is 0 Å². The molecule has 0 saturated heterocycles. The van der Waals surface area contributed by atoms with E-state index >= 15 is 0 Å². The highest BCUT2D eigenvalue weighted by Crippen LogP contribution is 2.30. The predicted octanol–water partition coefficient (Wildman–Crippen LogP) is 1.91. The summed E-state index contributed by atoms with van der Waals surface area (Å²) in [6, 6.07) is 5.22. The fourth-order valence-electron chi connectivity index (χ4n) is 2.27. The molecule has 0 bridgehead atoms. The first-order chi connectivity index (χ1) is 8.43. The third kappa shape index (κ3) is 2.48. The number of aromatic carboxylic acids is 1. The summed E-state index contributed by atoms with van der Waals surface area (Å²) >= 11 is 0. The second-order valence-electron chi connectivity index (χ2n) is 5.17. The summed E-state index contributed by atoms with van der Waals surface area (Å²) in [5.41, 5.74) is 1.67. The largest absolute Gasteiger partial charge is 0.478 e. The summed E-state index contributed by atoms with van der Waals surface area (Å²) < 4.78 is 0. The van der Waals surface area contributed by atoms with E-state index in [-0.39, 0.29) is 0 Å². The molecular formula is C14H19NO3. The van der Waals surface area contributed by atoms with Crippen molar-refractivity contribution in [2.45, 2.75) is 32.3 Å². The lowest BCUT2D eigenvalue weighted by atomic mass is 10.0. The molecule has 1 atom stereocenters. The van der Waals surface area contributed by atoms with Gasteiger partial charge in [0.1, 0.15) is 0 Å². The van der Waals surface area contributed by atoms with E-state index < -0.39 is 11.6 Å². The van der Waals surface area contributed by atoms with Crippen LogP contribution in [0.4, 0.5) is 5.69 Å². The van der Waals surface area contributed by atoms with E-state index in [0.29, 0.717) is 18.5 Å². The van der Waals surface area contributed by atoms with E-state index in [1.807, 2.05) is 19.9 Å². The maximum absolute atomic E-state index is 11.0. The lowest BCUT2D eigenvalue weighted by Gasteiger charge is -2.29. The summed E-state index contributed by atoms with van der Waals surface area (Å²) in [6.07, 6.45) is 1.59. The molecule has 1 unspecified atom stereocenters. The Morgan fingerprint density at radius 2 is 2.22 bits per heavy atom. The quantitative estimate of drug-likeness (QED) is 0.855. The molecular weight excluding hydrogens is 230 g/mol. The highest BCUT2D eigenvalue weighted by Gasteiger charge is 2.27. The molecule has 1 aliphatic heterocycles. The molecule has 1 aromatic carbocycles. The number of hydrogen-bond donors (Lipinski definition) is 2. The molecule has 0 radical (unpaired) electrons. The van der Waals surface area contributed by atoms with Gasteiger partial charge in [-0.3, -0.25) is 0 Å². The van der Waals surface area contributed by atoms with Crippen molar-refractivity contribution in [1.29, 1.82) is 0 Å². The van der Waals surface area contributed by atoms with Gasteiger partial charge in [0.25, 0.3) is 0 Å². The maximum Gasteiger partial charge on any atom is 0.335 e. The third-order valence-corrected chi connectivity index (χ3v) is 3.62. The number of benzene rings is 1. The van der Waals surface area contributed by atoms with E-state index in [1.165, 1.54) is 0 Å². The minimum atomic E-state index is -0.910. The van der Waals surface area contributed by atoms with Crippen molar-refractivity contribution >= 4 is 11.7 Å². The number of anilines is 1. The lowest BCUT2D eigenvalue weighted by molar-refractivity contribution is 0.0634. The van der Waals surface area contributed by atoms with Crippen LogP contribution in [-0.4, -0.2) is 34.9 Å². The molecule has 0 aromatic heterocycles. The Bertz CT molecular complexity index is 468. The number of fused-ring (bicyclic) bond motifs is 1. The number of hydrogen-bond acceptors (Lipinski definition) is 3. The Hall–Kier alpha value is -1.55. The van der Waals surface area contributed by atoms with Gasteiger partial charge in [0, 0.05) is 18.8 Å². The van der Waals surface area contributed by atoms with Gasteiger partial charge in [-0.25, -0.2) is 4.79 Å². The van der Waals surface area contributed by atoms with Crippen LogP contribution in [0.25, 0.3) is 0 Å². The van der Waals surface area contributed by atoms with Crippen LogP contribution in [0.5, 0.6) is 0 Å². The Balaban J connectivity index is 2.26. The summed E-state index contributed by atoms with van der Waals surface area (Å²) in [6.45, 7) is 5.14. The van der Waals surface area contributed by atoms with Crippen LogP contribution in [0.2, 0.25) is 0 Å². The van der Waals surface area contributed by atoms with Crippen LogP contribution < -0.4 is 4.90 Å². The second-order valence-corrected chi connectivity index (χ2v) is 5.17. The van der Waals surface area contributed by atoms with E-state index in [2.05, 4.69) is 4.90 Å². The molecule has 0 amide bonds. The zero-order chi connectivity index (χ0) is 13.3. The van der Waals surface area contributed by atoms with Crippen molar-refractivity contribution in [3.63, 3.8) is 0 Å². The smallest absolute Gasteiger partial charge is 0.335 e. The highest BCUT2D eigenvalue weighted by atomic mass is 16.4. The summed E-state index contributed by atoms with van der Waals surface area (Å²) in [5.74, 6) is -0.910. The molecule has 2 rings (SSSR count). The molecule has 98 valence electrons. The SMILES string of the molecule is CCC(C)(O)CN1CCc2ccc(C(=O)O)cc21. The number of carboxylic acids is 1. The van der Waals surface area contributed by atoms with Gasteiger partial charge in [0.15, 0.2) is 0 Å². The Kier molecular flexibility index (Phi) is 3.30. The molecule has 0 fully saturated rings. The first-order valence-corrected chi connectivity index (χ1v) is 6.26. The van der Waals surface area contributed by atoms with Crippen molar-refractivity contribution < 1.29 is 15.0 Å². The van der Waals surface area contributed by atoms with Crippen molar-refractivity contribution in [2.75, 3.05) is 18.0 Å². The van der Waals surface area contributed by atoms with Crippen LogP contribution >= 0.6 is 0 Å². The van der Waals surface area contributed by atoms with Crippen LogP contribution in [-0.2, 0) is 6.42 Å². The average molecular weight is 249 g/mol. The van der Waals surface area contributed by atoms with Gasteiger partial charge in [-0.15, -0.1) is 0 Å². The second kappa shape index (κ2) is 4.61. The fourth-order valence-corrected chi connectivity index (χ4v) is 2.27. The first kappa shape index (κ1) is 12.9. The number of rotatable bonds is 4. The van der Waals surface area contributed by atoms with E-state index in [9.17, 15) is 9.90 Å². The van der Waals surface area contributed by atoms with Gasteiger partial charge in [-0.05, 0) is 37.5 Å². The molecule has 1 aromatic rings. The third-order valence-electron chi connectivity index (χ3n) is 3.62. The molecule has 1 aliphatic rings. The van der Waals surface area contributed by atoms with Crippen LogP contribution in [0.15, 0.2) is 18.2 Å². The monoisotopic (exact) mass is 249 g/mol. The summed E-state index contributed by atoms with van der Waals surface area (Å²) in [4.78, 5) is 13.1. The first-order valence-electron chi connectivity index (χ1n) is 6.26. The van der Waals surface area contributed by atoms with Crippen molar-refractivity contribution in [1.82, 2.24) is 0 Å². The van der Waals surface area contributed by atoms with E-state index in [0.717, 1.165) is 24.2 Å². The standard InChI is InChI=1S/C14H19NO3/c1-3-14(2,18)9-15-7-6-10-4-5-11(13(16)17)8-12(10)15/h4-5,8,18H,3,6-7,9H2,1-2H3,(H,16,17). The Morgan fingerprint density at radius 1 is 1.50 bits per heavy atom. The molecule has 1 heterocycles. The van der Waals surface area contributed by atoms with Gasteiger partial charge in [0.05, 0.1) is 11.2 Å². The molecule has 4 heteroatoms. The number of nitrogens with zero attached hydrogens (tertiary/aromatic N) is 1. The predicted molar refractivity (Wildman–Crippen MR) is 70.2 cm³/mol. The Morgan fingerprint density at radius 3 is 2.83 bits per heavy atom. The molecule has 18 heavy (non-hydrogen) atoms. The number of carbonyl (C=O) groups is 1. The average Bonchev–Trinajstić information content (AvgIpc) is 2.71. The summed E-state index contributed by atoms with van der Waals surface area (Å²) in [7, 11) is 0. The van der Waals surface area contributed by atoms with Gasteiger partial charge in [-0.1, -0.05) is 13.0 Å². The van der Waals surface area contributed by atoms with Gasteiger partial charge < -0.3 is 15.1 Å². The fraction of sp³-hybridized carbons (Fsp3) is 0.500. The highest BCUT2D eigenvalue weighted by molar-refractivity contribution is 5.89. The number of carboxylic acid groups (broad SMARTS) is 1. The molecule has 0 saturated carbocycles. The zero-order valence-electron chi connectivity index (χ0n) is 10.8. The van der Waals surface area contributed by atoms with Gasteiger partial charge >= 0.3 is 5.97 Å². The van der Waals surface area contributed by atoms with Crippen LogP contribution in [0.1, 0.15) is 36.2 Å².